The molecule has 1 aromatic rings. The Morgan fingerprint density at radius 1 is 0.654 bits per heavy atom. The maximum atomic E-state index is 9.56. The van der Waals surface area contributed by atoms with Crippen molar-refractivity contribution >= 4 is 0 Å². The average Bonchev–Trinajstić information content (AvgIpc) is 2.64. The first-order chi connectivity index (χ1) is 12.8. The fraction of sp³-hybridized carbons (Fsp3) is 0.739. The van der Waals surface area contributed by atoms with Gasteiger partial charge in [-0.05, 0) is 30.5 Å². The lowest BCUT2D eigenvalue weighted by atomic mass is 10.0. The highest BCUT2D eigenvalue weighted by Crippen LogP contribution is 2.23. The number of aryl methyl sites for hydroxylation is 1. The minimum atomic E-state index is 0.146. The molecule has 2 N–H and O–H groups in total. The third kappa shape index (κ3) is 12.2. The largest absolute Gasteiger partial charge is 0.508 e. The van der Waals surface area contributed by atoms with Gasteiger partial charge in [-0.25, -0.2) is 5.26 Å². The molecule has 0 saturated heterocycles. The van der Waals surface area contributed by atoms with E-state index in [1.54, 1.807) is 12.1 Å². The molecule has 0 radical (unpaired) electrons. The summed E-state index contributed by atoms with van der Waals surface area (Å²) < 4.78 is 0. The summed E-state index contributed by atoms with van der Waals surface area (Å²) in [6.07, 6.45) is 21.4. The molecule has 1 rings (SSSR count). The summed E-state index contributed by atoms with van der Waals surface area (Å²) in [5.74, 6) is 0.452. The quantitative estimate of drug-likeness (QED) is 0.169. The summed E-state index contributed by atoms with van der Waals surface area (Å²) in [5.41, 5.74) is 1.02. The molecule has 0 aliphatic heterocycles. The van der Waals surface area contributed by atoms with Gasteiger partial charge in [0.15, 0.2) is 5.75 Å². The smallest absolute Gasteiger partial charge is 0.169 e. The predicted molar refractivity (Wildman–Crippen MR) is 110 cm³/mol. The van der Waals surface area contributed by atoms with Gasteiger partial charge in [-0.2, -0.15) is 0 Å². The molecule has 3 nitrogen and oxygen atoms in total. The first kappa shape index (κ1) is 22.8. The topological polar surface area (TPSA) is 49.7 Å². The first-order valence-corrected chi connectivity index (χ1v) is 10.9. The first-order valence-electron chi connectivity index (χ1n) is 10.9. The Morgan fingerprint density at radius 2 is 1.12 bits per heavy atom. The van der Waals surface area contributed by atoms with Gasteiger partial charge in [0.1, 0.15) is 5.75 Å². The van der Waals surface area contributed by atoms with E-state index in [-0.39, 0.29) is 5.75 Å². The number of phenols is 1. The zero-order chi connectivity index (χ0) is 18.9. The fourth-order valence-electron chi connectivity index (χ4n) is 3.54. The molecule has 3 heteroatoms. The standard InChI is InChI=1S/C23H40O3/c1-2-3-4-5-6-7-8-9-10-11-12-13-14-15-16-17-21-18-22(24)20-23(19-21)26-25/h18-20,24-25H,2-17H2,1H3. The van der Waals surface area contributed by atoms with E-state index in [4.69, 9.17) is 5.26 Å². The van der Waals surface area contributed by atoms with Crippen molar-refractivity contribution in [2.45, 2.75) is 110 Å². The number of unbranched alkanes of at least 4 members (excludes halogenated alkanes) is 14. The van der Waals surface area contributed by atoms with E-state index in [9.17, 15) is 5.11 Å². The molecule has 0 unspecified atom stereocenters. The van der Waals surface area contributed by atoms with Gasteiger partial charge in [0.2, 0.25) is 0 Å². The lowest BCUT2D eigenvalue weighted by Gasteiger charge is -2.05. The van der Waals surface area contributed by atoms with Crippen LogP contribution in [-0.4, -0.2) is 10.4 Å². The van der Waals surface area contributed by atoms with Crippen molar-refractivity contribution in [1.29, 1.82) is 0 Å². The molecule has 0 atom stereocenters. The van der Waals surface area contributed by atoms with Crippen LogP contribution in [0.4, 0.5) is 0 Å². The summed E-state index contributed by atoms with van der Waals surface area (Å²) in [6.45, 7) is 2.28. The maximum Gasteiger partial charge on any atom is 0.169 e. The minimum absolute atomic E-state index is 0.146. The highest BCUT2D eigenvalue weighted by atomic mass is 17.1. The van der Waals surface area contributed by atoms with Crippen LogP contribution in [0.25, 0.3) is 0 Å². The summed E-state index contributed by atoms with van der Waals surface area (Å²) >= 11 is 0. The van der Waals surface area contributed by atoms with Gasteiger partial charge in [0, 0.05) is 6.07 Å². The van der Waals surface area contributed by atoms with Crippen molar-refractivity contribution in [2.24, 2.45) is 0 Å². The van der Waals surface area contributed by atoms with E-state index >= 15 is 0 Å². The van der Waals surface area contributed by atoms with E-state index in [2.05, 4.69) is 11.8 Å². The van der Waals surface area contributed by atoms with Crippen molar-refractivity contribution in [3.63, 3.8) is 0 Å². The van der Waals surface area contributed by atoms with Crippen LogP contribution in [0.15, 0.2) is 18.2 Å². The number of benzene rings is 1. The van der Waals surface area contributed by atoms with E-state index in [1.165, 1.54) is 96.0 Å². The Bertz CT molecular complexity index is 445. The number of rotatable bonds is 17. The third-order valence-corrected chi connectivity index (χ3v) is 5.13. The highest BCUT2D eigenvalue weighted by molar-refractivity contribution is 5.37. The molecule has 0 amide bonds. The lowest BCUT2D eigenvalue weighted by molar-refractivity contribution is -0.137. The third-order valence-electron chi connectivity index (χ3n) is 5.13. The predicted octanol–water partition coefficient (Wildman–Crippen LogP) is 7.66. The van der Waals surface area contributed by atoms with Gasteiger partial charge < -0.3 is 9.99 Å². The molecule has 26 heavy (non-hydrogen) atoms. The number of hydrogen-bond acceptors (Lipinski definition) is 3. The molecule has 150 valence electrons. The second-order valence-electron chi connectivity index (χ2n) is 7.63. The fourth-order valence-corrected chi connectivity index (χ4v) is 3.54. The second kappa shape index (κ2) is 16.0. The van der Waals surface area contributed by atoms with E-state index < -0.39 is 0 Å². The van der Waals surface area contributed by atoms with Crippen LogP contribution in [0.1, 0.15) is 109 Å². The summed E-state index contributed by atoms with van der Waals surface area (Å²) in [4.78, 5) is 4.20. The van der Waals surface area contributed by atoms with E-state index in [1.807, 2.05) is 0 Å². The highest BCUT2D eigenvalue weighted by Gasteiger charge is 2.02. The van der Waals surface area contributed by atoms with Gasteiger partial charge in [-0.15, -0.1) is 0 Å². The number of hydrogen-bond donors (Lipinski definition) is 2. The van der Waals surface area contributed by atoms with Gasteiger partial charge in [-0.1, -0.05) is 96.8 Å². The Labute approximate surface area is 160 Å². The second-order valence-corrected chi connectivity index (χ2v) is 7.63. The van der Waals surface area contributed by atoms with Gasteiger partial charge >= 0.3 is 0 Å². The Balaban J connectivity index is 1.86. The molecule has 0 aliphatic rings. The van der Waals surface area contributed by atoms with Gasteiger partial charge in [0.05, 0.1) is 0 Å². The minimum Gasteiger partial charge on any atom is -0.508 e. The van der Waals surface area contributed by atoms with Crippen molar-refractivity contribution in [2.75, 3.05) is 0 Å². The molecule has 0 heterocycles. The van der Waals surface area contributed by atoms with Crippen LogP contribution in [0.3, 0.4) is 0 Å². The molecule has 0 aliphatic carbocycles. The van der Waals surface area contributed by atoms with Gasteiger partial charge in [-0.3, -0.25) is 0 Å². The van der Waals surface area contributed by atoms with Crippen LogP contribution in [0, 0.1) is 0 Å². The molecule has 0 bridgehead atoms. The van der Waals surface area contributed by atoms with Crippen LogP contribution >= 0.6 is 0 Å². The Hall–Kier alpha value is -1.22. The van der Waals surface area contributed by atoms with Gasteiger partial charge in [0.25, 0.3) is 0 Å². The van der Waals surface area contributed by atoms with Crippen molar-refractivity contribution in [3.8, 4) is 11.5 Å². The molecular formula is C23H40O3. The summed E-state index contributed by atoms with van der Waals surface area (Å²) in [7, 11) is 0. The normalized spacial score (nSPS) is 11.0. The number of phenolic OH excluding ortho intramolecular Hbond substituents is 1. The molecular weight excluding hydrogens is 324 g/mol. The zero-order valence-electron chi connectivity index (χ0n) is 16.8. The Kier molecular flexibility index (Phi) is 14.0. The van der Waals surface area contributed by atoms with E-state index in [0.29, 0.717) is 5.75 Å². The number of aromatic hydroxyl groups is 1. The van der Waals surface area contributed by atoms with Crippen LogP contribution in [0.2, 0.25) is 0 Å². The van der Waals surface area contributed by atoms with Crippen molar-refractivity contribution < 1.29 is 15.3 Å². The van der Waals surface area contributed by atoms with Crippen LogP contribution in [-0.2, 0) is 6.42 Å². The molecule has 0 spiro atoms. The van der Waals surface area contributed by atoms with Crippen LogP contribution in [0.5, 0.6) is 11.5 Å². The molecule has 1 aromatic carbocycles. The van der Waals surface area contributed by atoms with Crippen molar-refractivity contribution in [1.82, 2.24) is 0 Å². The Morgan fingerprint density at radius 3 is 1.58 bits per heavy atom. The summed E-state index contributed by atoms with van der Waals surface area (Å²) in [5, 5.41) is 18.2. The van der Waals surface area contributed by atoms with Crippen LogP contribution < -0.4 is 4.89 Å². The average molecular weight is 365 g/mol. The van der Waals surface area contributed by atoms with Crippen molar-refractivity contribution in [3.05, 3.63) is 23.8 Å². The zero-order valence-corrected chi connectivity index (χ0v) is 16.8. The SMILES string of the molecule is CCCCCCCCCCCCCCCCCc1cc(O)cc(OO)c1. The molecule has 0 aromatic heterocycles. The summed E-state index contributed by atoms with van der Waals surface area (Å²) in [6, 6.07) is 4.94. The lowest BCUT2D eigenvalue weighted by Crippen LogP contribution is -1.90. The monoisotopic (exact) mass is 364 g/mol. The molecule has 0 fully saturated rings. The molecule has 0 saturated carbocycles. The maximum absolute atomic E-state index is 9.56. The van der Waals surface area contributed by atoms with E-state index in [0.717, 1.165) is 18.4 Å².